The Morgan fingerprint density at radius 3 is 2.62 bits per heavy atom. The van der Waals surface area contributed by atoms with Crippen molar-refractivity contribution in [3.8, 4) is 0 Å². The van der Waals surface area contributed by atoms with Gasteiger partial charge in [0.25, 0.3) is 5.91 Å². The van der Waals surface area contributed by atoms with E-state index in [0.717, 1.165) is 12.1 Å². The molecule has 0 spiro atoms. The highest BCUT2D eigenvalue weighted by atomic mass is 19.4. The maximum atomic E-state index is 12.8. The third-order valence-corrected chi connectivity index (χ3v) is 2.87. The Balaban J connectivity index is 2.29. The zero-order valence-electron chi connectivity index (χ0n) is 11.0. The van der Waals surface area contributed by atoms with Crippen LogP contribution in [0.4, 0.5) is 24.5 Å². The van der Waals surface area contributed by atoms with Crippen LogP contribution in [0.2, 0.25) is 0 Å². The lowest BCUT2D eigenvalue weighted by Crippen LogP contribution is -2.15. The van der Waals surface area contributed by atoms with Crippen molar-refractivity contribution in [3.63, 3.8) is 0 Å². The predicted molar refractivity (Wildman–Crippen MR) is 72.8 cm³/mol. The average Bonchev–Trinajstić information content (AvgIpc) is 2.40. The van der Waals surface area contributed by atoms with Crippen molar-refractivity contribution < 1.29 is 18.0 Å². The number of anilines is 2. The molecule has 0 saturated carbocycles. The molecule has 0 aliphatic carbocycles. The van der Waals surface area contributed by atoms with Crippen LogP contribution in [-0.2, 0) is 6.18 Å². The summed E-state index contributed by atoms with van der Waals surface area (Å²) in [5.41, 5.74) is 4.73. The van der Waals surface area contributed by atoms with Crippen LogP contribution in [0.3, 0.4) is 0 Å². The van der Waals surface area contributed by atoms with E-state index >= 15 is 0 Å². The molecule has 0 bridgehead atoms. The molecular formula is C14H12F3N3O. The maximum Gasteiger partial charge on any atom is 0.418 e. The van der Waals surface area contributed by atoms with Gasteiger partial charge in [0.15, 0.2) is 0 Å². The molecule has 0 unspecified atom stereocenters. The molecular weight excluding hydrogens is 283 g/mol. The van der Waals surface area contributed by atoms with Crippen LogP contribution < -0.4 is 11.1 Å². The summed E-state index contributed by atoms with van der Waals surface area (Å²) in [4.78, 5) is 16.0. The minimum Gasteiger partial charge on any atom is -0.398 e. The third-order valence-electron chi connectivity index (χ3n) is 2.87. The highest BCUT2D eigenvalue weighted by Crippen LogP contribution is 2.35. The van der Waals surface area contributed by atoms with Gasteiger partial charge in [-0.3, -0.25) is 9.78 Å². The minimum absolute atomic E-state index is 0.0183. The number of pyridine rings is 1. The molecule has 0 fully saturated rings. The van der Waals surface area contributed by atoms with Crippen LogP contribution >= 0.6 is 0 Å². The van der Waals surface area contributed by atoms with Crippen molar-refractivity contribution in [1.29, 1.82) is 0 Å². The summed E-state index contributed by atoms with van der Waals surface area (Å²) in [6.07, 6.45) is -3.05. The highest BCUT2D eigenvalue weighted by Gasteiger charge is 2.33. The maximum absolute atomic E-state index is 12.8. The first-order valence-electron chi connectivity index (χ1n) is 5.98. The predicted octanol–water partition coefficient (Wildman–Crippen LogP) is 3.24. The summed E-state index contributed by atoms with van der Waals surface area (Å²) >= 11 is 0. The van der Waals surface area contributed by atoms with Crippen LogP contribution in [0.25, 0.3) is 0 Å². The monoisotopic (exact) mass is 295 g/mol. The second kappa shape index (κ2) is 5.43. The van der Waals surface area contributed by atoms with E-state index in [1.54, 1.807) is 19.1 Å². The van der Waals surface area contributed by atoms with Crippen molar-refractivity contribution in [2.45, 2.75) is 13.1 Å². The lowest BCUT2D eigenvalue weighted by Gasteiger charge is -2.13. The first-order chi connectivity index (χ1) is 9.79. The number of rotatable bonds is 2. The Morgan fingerprint density at radius 1 is 1.29 bits per heavy atom. The van der Waals surface area contributed by atoms with E-state index in [1.165, 1.54) is 12.3 Å². The molecule has 0 aliphatic rings. The van der Waals surface area contributed by atoms with E-state index in [9.17, 15) is 18.0 Å². The molecule has 3 N–H and O–H groups in total. The second-order valence-corrected chi connectivity index (χ2v) is 4.39. The van der Waals surface area contributed by atoms with E-state index in [0.29, 0.717) is 11.3 Å². The van der Waals surface area contributed by atoms with Gasteiger partial charge < -0.3 is 11.1 Å². The summed E-state index contributed by atoms with van der Waals surface area (Å²) in [6.45, 7) is 1.64. The summed E-state index contributed by atoms with van der Waals surface area (Å²) < 4.78 is 38.3. The van der Waals surface area contributed by atoms with Crippen LogP contribution in [0, 0.1) is 6.92 Å². The van der Waals surface area contributed by atoms with Gasteiger partial charge in [-0.2, -0.15) is 13.2 Å². The zero-order chi connectivity index (χ0) is 15.6. The summed E-state index contributed by atoms with van der Waals surface area (Å²) in [5, 5.41) is 2.40. The lowest BCUT2D eigenvalue weighted by atomic mass is 10.1. The van der Waals surface area contributed by atoms with Gasteiger partial charge >= 0.3 is 6.18 Å². The number of nitrogens with zero attached hydrogens (tertiary/aromatic N) is 1. The molecule has 1 heterocycles. The highest BCUT2D eigenvalue weighted by molar-refractivity contribution is 6.05. The fourth-order valence-electron chi connectivity index (χ4n) is 1.80. The third kappa shape index (κ3) is 3.31. The number of nitrogen functional groups attached to an aromatic ring is 1. The van der Waals surface area contributed by atoms with E-state index in [4.69, 9.17) is 5.73 Å². The van der Waals surface area contributed by atoms with Gasteiger partial charge in [0.05, 0.1) is 11.1 Å². The van der Waals surface area contributed by atoms with Crippen molar-refractivity contribution in [1.82, 2.24) is 4.98 Å². The number of carbonyl (C=O) groups is 1. The standard InChI is InChI=1S/C14H12F3N3O/c1-8-10(3-2-6-19-8)13(21)20-9-4-5-12(18)11(7-9)14(15,16)17/h2-7H,18H2,1H3,(H,20,21). The van der Waals surface area contributed by atoms with Gasteiger partial charge in [0.2, 0.25) is 0 Å². The fourth-order valence-corrected chi connectivity index (χ4v) is 1.80. The molecule has 4 nitrogen and oxygen atoms in total. The number of aromatic nitrogens is 1. The fraction of sp³-hybridized carbons (Fsp3) is 0.143. The van der Waals surface area contributed by atoms with Crippen molar-refractivity contribution in [2.75, 3.05) is 11.1 Å². The first-order valence-corrected chi connectivity index (χ1v) is 5.98. The van der Waals surface area contributed by atoms with E-state index in [2.05, 4.69) is 10.3 Å². The molecule has 0 radical (unpaired) electrons. The van der Waals surface area contributed by atoms with Gasteiger partial charge in [-0.25, -0.2) is 0 Å². The molecule has 0 atom stereocenters. The van der Waals surface area contributed by atoms with Gasteiger partial charge in [0, 0.05) is 23.3 Å². The quantitative estimate of drug-likeness (QED) is 0.836. The van der Waals surface area contributed by atoms with Gasteiger partial charge in [-0.15, -0.1) is 0 Å². The van der Waals surface area contributed by atoms with Gasteiger partial charge in [0.1, 0.15) is 0 Å². The number of nitrogens with one attached hydrogen (secondary N) is 1. The van der Waals surface area contributed by atoms with Crippen molar-refractivity contribution >= 4 is 17.3 Å². The molecule has 1 aromatic carbocycles. The smallest absolute Gasteiger partial charge is 0.398 e. The number of halogens is 3. The van der Waals surface area contributed by atoms with Crippen molar-refractivity contribution in [3.05, 3.63) is 53.3 Å². The Labute approximate surface area is 118 Å². The number of amides is 1. The number of nitrogens with two attached hydrogens (primary N) is 1. The topological polar surface area (TPSA) is 68.0 Å². The van der Waals surface area contributed by atoms with Crippen LogP contribution in [-0.4, -0.2) is 10.9 Å². The Kier molecular flexibility index (Phi) is 3.84. The summed E-state index contributed by atoms with van der Waals surface area (Å²) in [7, 11) is 0. The number of aryl methyl sites for hydroxylation is 1. The molecule has 2 aromatic rings. The van der Waals surface area contributed by atoms with E-state index < -0.39 is 23.3 Å². The molecule has 0 aliphatic heterocycles. The second-order valence-electron chi connectivity index (χ2n) is 4.39. The van der Waals surface area contributed by atoms with E-state index in [1.807, 2.05) is 0 Å². The molecule has 0 saturated heterocycles. The first kappa shape index (κ1) is 14.8. The largest absolute Gasteiger partial charge is 0.418 e. The van der Waals surface area contributed by atoms with Crippen LogP contribution in [0.15, 0.2) is 36.5 Å². The average molecular weight is 295 g/mol. The molecule has 21 heavy (non-hydrogen) atoms. The number of hydrogen-bond acceptors (Lipinski definition) is 3. The number of carbonyl (C=O) groups excluding carboxylic acids is 1. The molecule has 2 rings (SSSR count). The van der Waals surface area contributed by atoms with Crippen LogP contribution in [0.1, 0.15) is 21.6 Å². The summed E-state index contributed by atoms with van der Waals surface area (Å²) in [5.74, 6) is -0.529. The molecule has 110 valence electrons. The number of benzene rings is 1. The van der Waals surface area contributed by atoms with E-state index in [-0.39, 0.29) is 5.69 Å². The minimum atomic E-state index is -4.57. The molecule has 1 aromatic heterocycles. The van der Waals surface area contributed by atoms with Crippen molar-refractivity contribution in [2.24, 2.45) is 0 Å². The lowest BCUT2D eigenvalue weighted by molar-refractivity contribution is -0.136. The Morgan fingerprint density at radius 2 is 2.00 bits per heavy atom. The number of alkyl halides is 3. The molecule has 1 amide bonds. The zero-order valence-corrected chi connectivity index (χ0v) is 11.0. The molecule has 7 heteroatoms. The van der Waals surface area contributed by atoms with Gasteiger partial charge in [-0.05, 0) is 37.3 Å². The Hall–Kier alpha value is -2.57. The summed E-state index contributed by atoms with van der Waals surface area (Å²) in [6, 6.07) is 6.34. The van der Waals surface area contributed by atoms with Gasteiger partial charge in [-0.1, -0.05) is 0 Å². The SMILES string of the molecule is Cc1ncccc1C(=O)Nc1ccc(N)c(C(F)(F)F)c1. The Bertz CT molecular complexity index is 683. The van der Waals surface area contributed by atoms with Crippen LogP contribution in [0.5, 0.6) is 0 Å². The normalized spacial score (nSPS) is 11.2. The number of hydrogen-bond donors (Lipinski definition) is 2.